The highest BCUT2D eigenvalue weighted by atomic mass is 16.1. The third-order valence-electron chi connectivity index (χ3n) is 3.77. The van der Waals surface area contributed by atoms with E-state index in [1.54, 1.807) is 0 Å². The van der Waals surface area contributed by atoms with Gasteiger partial charge in [0.05, 0.1) is 17.8 Å². The highest BCUT2D eigenvalue weighted by Gasteiger charge is 2.19. The fraction of sp³-hybridized carbons (Fsp3) is 0.188. The molecule has 0 radical (unpaired) electrons. The van der Waals surface area contributed by atoms with E-state index < -0.39 is 0 Å². The van der Waals surface area contributed by atoms with Crippen LogP contribution in [0.15, 0.2) is 30.3 Å². The van der Waals surface area contributed by atoms with Crippen LogP contribution in [0, 0.1) is 13.8 Å². The van der Waals surface area contributed by atoms with E-state index in [2.05, 4.69) is 30.5 Å². The van der Waals surface area contributed by atoms with Crippen LogP contribution in [0.3, 0.4) is 0 Å². The van der Waals surface area contributed by atoms with Crippen LogP contribution >= 0.6 is 0 Å². The van der Waals surface area contributed by atoms with Crippen molar-refractivity contribution in [2.24, 2.45) is 0 Å². The lowest BCUT2D eigenvalue weighted by Crippen LogP contribution is -2.03. The van der Waals surface area contributed by atoms with Crippen molar-refractivity contribution in [3.05, 3.63) is 47.0 Å². The van der Waals surface area contributed by atoms with E-state index in [9.17, 15) is 4.79 Å². The lowest BCUT2D eigenvalue weighted by Gasteiger charge is -2.14. The summed E-state index contributed by atoms with van der Waals surface area (Å²) >= 11 is 0. The van der Waals surface area contributed by atoms with E-state index >= 15 is 0 Å². The van der Waals surface area contributed by atoms with Crippen molar-refractivity contribution in [1.29, 1.82) is 0 Å². The number of nitrogens with one attached hydrogen (secondary N) is 2. The molecule has 2 aromatic rings. The van der Waals surface area contributed by atoms with Crippen LogP contribution < -0.4 is 16.4 Å². The summed E-state index contributed by atoms with van der Waals surface area (Å²) < 4.78 is 0. The molecule has 102 valence electrons. The summed E-state index contributed by atoms with van der Waals surface area (Å²) in [6.45, 7) is 4.15. The van der Waals surface area contributed by atoms with Gasteiger partial charge in [0.2, 0.25) is 5.91 Å². The SMILES string of the molecule is Cc1cccc(Nc2cc3c(cc2N)CC(=O)N3)c1C. The minimum atomic E-state index is 0.0169. The van der Waals surface area contributed by atoms with Gasteiger partial charge >= 0.3 is 0 Å². The molecule has 1 aliphatic rings. The molecule has 1 heterocycles. The largest absolute Gasteiger partial charge is 0.397 e. The molecule has 20 heavy (non-hydrogen) atoms. The van der Waals surface area contributed by atoms with Gasteiger partial charge in [-0.3, -0.25) is 4.79 Å². The fourth-order valence-electron chi connectivity index (χ4n) is 2.43. The Balaban J connectivity index is 1.98. The number of rotatable bonds is 2. The van der Waals surface area contributed by atoms with Crippen molar-refractivity contribution < 1.29 is 4.79 Å². The van der Waals surface area contributed by atoms with Gasteiger partial charge in [0.25, 0.3) is 0 Å². The molecule has 2 aromatic carbocycles. The molecule has 3 rings (SSSR count). The number of carbonyl (C=O) groups is 1. The number of anilines is 4. The Hall–Kier alpha value is -2.49. The van der Waals surface area contributed by atoms with Gasteiger partial charge in [0, 0.05) is 11.4 Å². The van der Waals surface area contributed by atoms with Crippen LogP contribution in [-0.2, 0) is 11.2 Å². The number of nitrogen functional groups attached to an aromatic ring is 1. The van der Waals surface area contributed by atoms with Crippen LogP contribution in [0.1, 0.15) is 16.7 Å². The number of carbonyl (C=O) groups excluding carboxylic acids is 1. The number of hydrogen-bond acceptors (Lipinski definition) is 3. The monoisotopic (exact) mass is 267 g/mol. The molecule has 0 saturated carbocycles. The number of aryl methyl sites for hydroxylation is 1. The number of benzene rings is 2. The Morgan fingerprint density at radius 2 is 2.00 bits per heavy atom. The van der Waals surface area contributed by atoms with Crippen molar-refractivity contribution >= 4 is 28.7 Å². The predicted molar refractivity (Wildman–Crippen MR) is 82.4 cm³/mol. The second-order valence-corrected chi connectivity index (χ2v) is 5.19. The Morgan fingerprint density at radius 3 is 2.80 bits per heavy atom. The highest BCUT2D eigenvalue weighted by Crippen LogP contribution is 2.34. The van der Waals surface area contributed by atoms with Gasteiger partial charge < -0.3 is 16.4 Å². The first-order chi connectivity index (χ1) is 9.54. The van der Waals surface area contributed by atoms with E-state index in [4.69, 9.17) is 5.73 Å². The summed E-state index contributed by atoms with van der Waals surface area (Å²) in [5, 5.41) is 6.19. The predicted octanol–water partition coefficient (Wildman–Crippen LogP) is 3.12. The Kier molecular flexibility index (Phi) is 2.86. The lowest BCUT2D eigenvalue weighted by atomic mass is 10.1. The summed E-state index contributed by atoms with van der Waals surface area (Å²) in [6.07, 6.45) is 0.406. The Morgan fingerprint density at radius 1 is 1.20 bits per heavy atom. The number of fused-ring (bicyclic) bond motifs is 1. The van der Waals surface area contributed by atoms with Crippen molar-refractivity contribution in [2.45, 2.75) is 20.3 Å². The third kappa shape index (κ3) is 2.09. The first-order valence-electron chi connectivity index (χ1n) is 6.60. The molecule has 4 heteroatoms. The van der Waals surface area contributed by atoms with Gasteiger partial charge in [-0.15, -0.1) is 0 Å². The molecule has 0 fully saturated rings. The molecule has 1 aliphatic heterocycles. The summed E-state index contributed by atoms with van der Waals surface area (Å²) in [7, 11) is 0. The summed E-state index contributed by atoms with van der Waals surface area (Å²) in [6, 6.07) is 9.87. The lowest BCUT2D eigenvalue weighted by molar-refractivity contribution is -0.115. The molecule has 0 spiro atoms. The van der Waals surface area contributed by atoms with Gasteiger partial charge in [0.15, 0.2) is 0 Å². The molecule has 0 atom stereocenters. The average molecular weight is 267 g/mol. The van der Waals surface area contributed by atoms with E-state index in [-0.39, 0.29) is 5.91 Å². The second-order valence-electron chi connectivity index (χ2n) is 5.19. The van der Waals surface area contributed by atoms with Gasteiger partial charge in [-0.1, -0.05) is 12.1 Å². The fourth-order valence-corrected chi connectivity index (χ4v) is 2.43. The Labute approximate surface area is 118 Å². The van der Waals surface area contributed by atoms with E-state index in [0.717, 1.165) is 22.6 Å². The molecule has 0 saturated heterocycles. The molecule has 0 aromatic heterocycles. The minimum Gasteiger partial charge on any atom is -0.397 e. The first-order valence-corrected chi connectivity index (χ1v) is 6.60. The molecule has 1 amide bonds. The number of nitrogens with two attached hydrogens (primary N) is 1. The highest BCUT2D eigenvalue weighted by molar-refractivity contribution is 6.01. The van der Waals surface area contributed by atoms with Crippen LogP contribution in [0.5, 0.6) is 0 Å². The maximum atomic E-state index is 11.4. The van der Waals surface area contributed by atoms with E-state index in [1.165, 1.54) is 11.1 Å². The normalized spacial score (nSPS) is 13.0. The topological polar surface area (TPSA) is 67.1 Å². The van der Waals surface area contributed by atoms with Crippen LogP contribution in [-0.4, -0.2) is 5.91 Å². The van der Waals surface area contributed by atoms with Gasteiger partial charge in [-0.25, -0.2) is 0 Å². The second kappa shape index (κ2) is 4.56. The van der Waals surface area contributed by atoms with Crippen LogP contribution in [0.4, 0.5) is 22.7 Å². The van der Waals surface area contributed by atoms with Gasteiger partial charge in [-0.2, -0.15) is 0 Å². The zero-order valence-corrected chi connectivity index (χ0v) is 11.6. The number of hydrogen-bond donors (Lipinski definition) is 3. The molecule has 4 N–H and O–H groups in total. The van der Waals surface area contributed by atoms with E-state index in [1.807, 2.05) is 24.3 Å². The quantitative estimate of drug-likeness (QED) is 0.732. The minimum absolute atomic E-state index is 0.0169. The van der Waals surface area contributed by atoms with Crippen molar-refractivity contribution in [2.75, 3.05) is 16.4 Å². The molecule has 0 unspecified atom stereocenters. The molecule has 4 nitrogen and oxygen atoms in total. The van der Waals surface area contributed by atoms with Gasteiger partial charge in [0.1, 0.15) is 0 Å². The maximum Gasteiger partial charge on any atom is 0.228 e. The maximum absolute atomic E-state index is 11.4. The zero-order chi connectivity index (χ0) is 14.3. The van der Waals surface area contributed by atoms with Crippen LogP contribution in [0.25, 0.3) is 0 Å². The third-order valence-corrected chi connectivity index (χ3v) is 3.77. The standard InChI is InChI=1S/C16H17N3O/c1-9-4-3-5-13(10(9)2)18-15-8-14-11(6-12(15)17)7-16(20)19-14/h3-6,8,18H,7,17H2,1-2H3,(H,19,20). The summed E-state index contributed by atoms with van der Waals surface area (Å²) in [5.74, 6) is 0.0169. The molecule has 0 bridgehead atoms. The van der Waals surface area contributed by atoms with Crippen molar-refractivity contribution in [1.82, 2.24) is 0 Å². The number of amides is 1. The van der Waals surface area contributed by atoms with E-state index in [0.29, 0.717) is 12.1 Å². The Bertz CT molecular complexity index is 707. The van der Waals surface area contributed by atoms with Crippen molar-refractivity contribution in [3.8, 4) is 0 Å². The summed E-state index contributed by atoms with van der Waals surface area (Å²) in [4.78, 5) is 11.4. The molecule has 0 aliphatic carbocycles. The summed E-state index contributed by atoms with van der Waals surface area (Å²) in [5.41, 5.74) is 12.8. The molecular formula is C16H17N3O. The molecular weight excluding hydrogens is 250 g/mol. The van der Waals surface area contributed by atoms with Crippen LogP contribution in [0.2, 0.25) is 0 Å². The van der Waals surface area contributed by atoms with Crippen molar-refractivity contribution in [3.63, 3.8) is 0 Å². The smallest absolute Gasteiger partial charge is 0.228 e. The first kappa shape index (κ1) is 12.5. The van der Waals surface area contributed by atoms with Gasteiger partial charge in [-0.05, 0) is 48.7 Å². The zero-order valence-electron chi connectivity index (χ0n) is 11.6. The average Bonchev–Trinajstić information content (AvgIpc) is 2.74.